The van der Waals surface area contributed by atoms with Crippen molar-refractivity contribution in [1.82, 2.24) is 0 Å². The molecule has 0 aliphatic heterocycles. The molecule has 0 saturated carbocycles. The molecule has 0 aromatic heterocycles. The molecule has 0 aromatic rings. The molecule has 0 N–H and O–H groups in total. The van der Waals surface area contributed by atoms with E-state index in [0.717, 1.165) is 89.9 Å². The lowest BCUT2D eigenvalue weighted by atomic mass is 10.0. The molecule has 62 heavy (non-hydrogen) atoms. The fraction of sp³-hybridized carbons (Fsp3) is 0.732. The summed E-state index contributed by atoms with van der Waals surface area (Å²) in [6, 6.07) is 0. The minimum Gasteiger partial charge on any atom is -0.462 e. The number of carbonyl (C=O) groups is 3. The van der Waals surface area contributed by atoms with E-state index in [0.29, 0.717) is 19.3 Å². The summed E-state index contributed by atoms with van der Waals surface area (Å²) in [4.78, 5) is 37.9. The molecule has 0 bridgehead atoms. The van der Waals surface area contributed by atoms with E-state index in [1.807, 2.05) is 0 Å². The number of esters is 3. The summed E-state index contributed by atoms with van der Waals surface area (Å²) in [6.07, 6.45) is 63.1. The van der Waals surface area contributed by atoms with Crippen molar-refractivity contribution >= 4 is 17.9 Å². The Morgan fingerprint density at radius 1 is 0.339 bits per heavy atom. The van der Waals surface area contributed by atoms with E-state index in [4.69, 9.17) is 14.2 Å². The Labute approximate surface area is 382 Å². The van der Waals surface area contributed by atoms with Crippen molar-refractivity contribution in [1.29, 1.82) is 0 Å². The molecule has 0 saturated heterocycles. The smallest absolute Gasteiger partial charge is 0.306 e. The van der Waals surface area contributed by atoms with Gasteiger partial charge in [0.25, 0.3) is 0 Å². The molecule has 0 heterocycles. The summed E-state index contributed by atoms with van der Waals surface area (Å²) in [5.74, 6) is -0.961. The van der Waals surface area contributed by atoms with E-state index in [-0.39, 0.29) is 37.5 Å². The molecular formula is C56H96O6. The van der Waals surface area contributed by atoms with Crippen LogP contribution in [0.3, 0.4) is 0 Å². The lowest BCUT2D eigenvalue weighted by molar-refractivity contribution is -0.167. The van der Waals surface area contributed by atoms with Gasteiger partial charge in [-0.25, -0.2) is 0 Å². The van der Waals surface area contributed by atoms with Gasteiger partial charge in [-0.2, -0.15) is 0 Å². The third-order valence-corrected chi connectivity index (χ3v) is 10.9. The molecule has 6 heteroatoms. The molecule has 0 spiro atoms. The Kier molecular flexibility index (Phi) is 47.9. The van der Waals surface area contributed by atoms with Crippen LogP contribution in [0.1, 0.15) is 245 Å². The molecular weight excluding hydrogens is 769 g/mol. The number of rotatable bonds is 46. The number of unbranched alkanes of at least 4 members (excludes halogenated alkanes) is 23. The Hall–Kier alpha value is -3.15. The van der Waals surface area contributed by atoms with Crippen molar-refractivity contribution in [2.24, 2.45) is 0 Å². The summed E-state index contributed by atoms with van der Waals surface area (Å²) in [7, 11) is 0. The number of hydrogen-bond donors (Lipinski definition) is 0. The maximum atomic E-state index is 12.8. The highest BCUT2D eigenvalue weighted by molar-refractivity contribution is 5.71. The third-order valence-electron chi connectivity index (χ3n) is 10.9. The van der Waals surface area contributed by atoms with Crippen LogP contribution in [-0.2, 0) is 28.6 Å². The highest BCUT2D eigenvalue weighted by Crippen LogP contribution is 2.15. The van der Waals surface area contributed by atoms with E-state index in [9.17, 15) is 14.4 Å². The number of allylic oxidation sites excluding steroid dienone is 12. The van der Waals surface area contributed by atoms with Crippen LogP contribution >= 0.6 is 0 Å². The zero-order valence-corrected chi connectivity index (χ0v) is 40.6. The average Bonchev–Trinajstić information content (AvgIpc) is 3.27. The fourth-order valence-electron chi connectivity index (χ4n) is 7.06. The van der Waals surface area contributed by atoms with Crippen LogP contribution in [0.25, 0.3) is 0 Å². The van der Waals surface area contributed by atoms with E-state index in [1.54, 1.807) is 0 Å². The van der Waals surface area contributed by atoms with E-state index in [1.165, 1.54) is 109 Å². The predicted molar refractivity (Wildman–Crippen MR) is 265 cm³/mol. The van der Waals surface area contributed by atoms with Crippen molar-refractivity contribution in [2.45, 2.75) is 252 Å². The lowest BCUT2D eigenvalue weighted by Crippen LogP contribution is -2.30. The number of carbonyl (C=O) groups excluding carboxylic acids is 3. The minimum atomic E-state index is -0.800. The molecule has 0 amide bonds. The van der Waals surface area contributed by atoms with Gasteiger partial charge in [-0.05, 0) is 83.5 Å². The second-order valence-electron chi connectivity index (χ2n) is 17.1. The van der Waals surface area contributed by atoms with Gasteiger partial charge in [0.2, 0.25) is 0 Å². The molecule has 1 atom stereocenters. The number of ether oxygens (including phenoxy) is 3. The van der Waals surface area contributed by atoms with Crippen molar-refractivity contribution in [3.05, 3.63) is 72.9 Å². The molecule has 6 nitrogen and oxygen atoms in total. The Morgan fingerprint density at radius 3 is 1.06 bits per heavy atom. The van der Waals surface area contributed by atoms with Gasteiger partial charge in [-0.3, -0.25) is 14.4 Å². The van der Waals surface area contributed by atoms with Gasteiger partial charge in [0, 0.05) is 19.3 Å². The van der Waals surface area contributed by atoms with Gasteiger partial charge in [0.1, 0.15) is 13.2 Å². The average molecular weight is 865 g/mol. The fourth-order valence-corrected chi connectivity index (χ4v) is 7.06. The summed E-state index contributed by atoms with van der Waals surface area (Å²) >= 11 is 0. The summed E-state index contributed by atoms with van der Waals surface area (Å²) in [5, 5.41) is 0. The van der Waals surface area contributed by atoms with Gasteiger partial charge in [-0.15, -0.1) is 0 Å². The van der Waals surface area contributed by atoms with Crippen molar-refractivity contribution in [2.75, 3.05) is 13.2 Å². The van der Waals surface area contributed by atoms with Gasteiger partial charge in [0.15, 0.2) is 6.10 Å². The van der Waals surface area contributed by atoms with Crippen LogP contribution in [0, 0.1) is 0 Å². The lowest BCUT2D eigenvalue weighted by Gasteiger charge is -2.18. The van der Waals surface area contributed by atoms with Crippen LogP contribution in [-0.4, -0.2) is 37.2 Å². The number of hydrogen-bond acceptors (Lipinski definition) is 6. The van der Waals surface area contributed by atoms with Crippen LogP contribution < -0.4 is 0 Å². The van der Waals surface area contributed by atoms with Crippen LogP contribution in [0.2, 0.25) is 0 Å². The van der Waals surface area contributed by atoms with Crippen molar-refractivity contribution in [3.63, 3.8) is 0 Å². The van der Waals surface area contributed by atoms with Gasteiger partial charge >= 0.3 is 17.9 Å². The van der Waals surface area contributed by atoms with Gasteiger partial charge < -0.3 is 14.2 Å². The van der Waals surface area contributed by atoms with E-state index in [2.05, 4.69) is 93.7 Å². The molecule has 0 aliphatic rings. The zero-order chi connectivity index (χ0) is 45.1. The van der Waals surface area contributed by atoms with Crippen LogP contribution in [0.5, 0.6) is 0 Å². The van der Waals surface area contributed by atoms with Gasteiger partial charge in [0.05, 0.1) is 0 Å². The van der Waals surface area contributed by atoms with Crippen LogP contribution in [0.4, 0.5) is 0 Å². The quantitative estimate of drug-likeness (QED) is 0.0262. The molecule has 0 unspecified atom stereocenters. The molecule has 356 valence electrons. The van der Waals surface area contributed by atoms with Crippen molar-refractivity contribution in [3.8, 4) is 0 Å². The molecule has 0 aromatic carbocycles. The Bertz CT molecular complexity index is 1180. The summed E-state index contributed by atoms with van der Waals surface area (Å²) in [6.45, 7) is 6.46. The largest absolute Gasteiger partial charge is 0.462 e. The SMILES string of the molecule is CC/C=C/C/C=C/C/C=C/C/C=C/C/C=C/CCCC(=O)OC[C@@H](COC(=O)CCCCCCCCCCCCCCC)OC(=O)CCCCCCC/C=C/CCCCCCC. The normalized spacial score (nSPS) is 12.6. The van der Waals surface area contributed by atoms with Crippen LogP contribution in [0.15, 0.2) is 72.9 Å². The Morgan fingerprint density at radius 2 is 0.645 bits per heavy atom. The minimum absolute atomic E-state index is 0.0947. The first-order valence-corrected chi connectivity index (χ1v) is 25.9. The monoisotopic (exact) mass is 865 g/mol. The zero-order valence-electron chi connectivity index (χ0n) is 40.6. The van der Waals surface area contributed by atoms with Crippen molar-refractivity contribution < 1.29 is 28.6 Å². The Balaban J connectivity index is 4.48. The third kappa shape index (κ3) is 47.9. The molecule has 0 fully saturated rings. The molecule has 0 aliphatic carbocycles. The highest BCUT2D eigenvalue weighted by atomic mass is 16.6. The first-order valence-electron chi connectivity index (χ1n) is 25.9. The molecule has 0 rings (SSSR count). The standard InChI is InChI=1S/C56H96O6/c1-4-7-10-13-16-19-22-25-27-28-29-32-34-37-40-43-46-49-55(58)61-52-53(51-60-54(57)48-45-42-39-36-33-30-24-21-18-15-12-9-6-3)62-56(59)50-47-44-41-38-35-31-26-23-20-17-14-11-8-5-2/h7,10,16,19,23,25-27,29,32,37,40,53H,4-6,8-9,11-15,17-18,20-22,24,28,30-31,33-36,38-39,41-52H2,1-3H3/b10-7+,19-16+,26-23+,27-25+,32-29+,40-37+/t53-/m1/s1. The first-order chi connectivity index (χ1) is 30.5. The molecule has 0 radical (unpaired) electrons. The second-order valence-corrected chi connectivity index (χ2v) is 17.1. The first kappa shape index (κ1) is 58.9. The predicted octanol–water partition coefficient (Wildman–Crippen LogP) is 17.0. The summed E-state index contributed by atoms with van der Waals surface area (Å²) < 4.78 is 16.7. The maximum Gasteiger partial charge on any atom is 0.306 e. The topological polar surface area (TPSA) is 78.9 Å². The van der Waals surface area contributed by atoms with E-state index < -0.39 is 6.10 Å². The van der Waals surface area contributed by atoms with E-state index >= 15 is 0 Å². The highest BCUT2D eigenvalue weighted by Gasteiger charge is 2.19. The maximum absolute atomic E-state index is 12.8. The van der Waals surface area contributed by atoms with Gasteiger partial charge in [-0.1, -0.05) is 216 Å². The second kappa shape index (κ2) is 50.5. The summed E-state index contributed by atoms with van der Waals surface area (Å²) in [5.41, 5.74) is 0.